The minimum atomic E-state index is -1.37. The highest BCUT2D eigenvalue weighted by Crippen LogP contribution is 2.38. The summed E-state index contributed by atoms with van der Waals surface area (Å²) in [4.78, 5) is 10.7. The van der Waals surface area contributed by atoms with Gasteiger partial charge in [-0.1, -0.05) is 5.16 Å². The first-order chi connectivity index (χ1) is 8.95. The molecule has 0 aliphatic rings. The number of hydrogen-bond donors (Lipinski definition) is 1. The number of carboxylic acids is 1. The van der Waals surface area contributed by atoms with Crippen LogP contribution in [-0.4, -0.2) is 23.3 Å². The molecule has 2 rings (SSSR count). The molecule has 0 aliphatic carbocycles. The lowest BCUT2D eigenvalue weighted by Crippen LogP contribution is -1.97. The first kappa shape index (κ1) is 13.5. The van der Waals surface area contributed by atoms with Gasteiger partial charge in [0, 0.05) is 6.07 Å². The number of nitrogens with zero attached hydrogens (tertiary/aromatic N) is 1. The number of aromatic nitrogens is 1. The molecule has 0 bridgehead atoms. The number of carbonyl (C=O) groups is 1. The normalized spacial score (nSPS) is 10.5. The van der Waals surface area contributed by atoms with E-state index in [9.17, 15) is 13.6 Å². The molecular formula is C11H6BrF2NO4. The second-order valence-corrected chi connectivity index (χ2v) is 4.30. The van der Waals surface area contributed by atoms with E-state index in [1.54, 1.807) is 0 Å². The fraction of sp³-hybridized carbons (Fsp3) is 0.0909. The molecule has 1 aromatic carbocycles. The largest absolute Gasteiger partial charge is 0.493 e. The maximum absolute atomic E-state index is 14.0. The molecule has 2 aromatic rings. The van der Waals surface area contributed by atoms with Crippen LogP contribution < -0.4 is 4.74 Å². The van der Waals surface area contributed by atoms with Gasteiger partial charge in [0.2, 0.25) is 5.76 Å². The first-order valence-electron chi connectivity index (χ1n) is 4.87. The topological polar surface area (TPSA) is 72.6 Å². The number of halogens is 3. The number of hydrogen-bond acceptors (Lipinski definition) is 4. The van der Waals surface area contributed by atoms with Gasteiger partial charge in [0.15, 0.2) is 17.4 Å². The molecule has 1 heterocycles. The van der Waals surface area contributed by atoms with Gasteiger partial charge in [-0.25, -0.2) is 13.6 Å². The molecule has 0 atom stereocenters. The zero-order valence-electron chi connectivity index (χ0n) is 9.41. The lowest BCUT2D eigenvalue weighted by atomic mass is 10.1. The molecule has 0 spiro atoms. The average Bonchev–Trinajstić information content (AvgIpc) is 2.82. The summed E-state index contributed by atoms with van der Waals surface area (Å²) in [5.74, 6) is -3.88. The van der Waals surface area contributed by atoms with Crippen molar-refractivity contribution < 1.29 is 27.9 Å². The van der Waals surface area contributed by atoms with E-state index in [2.05, 4.69) is 25.6 Å². The maximum atomic E-state index is 14.0. The average molecular weight is 334 g/mol. The predicted octanol–water partition coefficient (Wildman–Crippen LogP) is 3.09. The van der Waals surface area contributed by atoms with Crippen molar-refractivity contribution in [3.8, 4) is 17.0 Å². The van der Waals surface area contributed by atoms with Crippen molar-refractivity contribution in [3.63, 3.8) is 0 Å². The van der Waals surface area contributed by atoms with E-state index < -0.39 is 23.4 Å². The van der Waals surface area contributed by atoms with Crippen LogP contribution >= 0.6 is 15.9 Å². The number of aromatic carboxylic acids is 1. The third-order valence-corrected chi connectivity index (χ3v) is 2.88. The number of methoxy groups -OCH3 is 1. The van der Waals surface area contributed by atoms with Gasteiger partial charge < -0.3 is 14.4 Å². The monoisotopic (exact) mass is 333 g/mol. The van der Waals surface area contributed by atoms with Crippen molar-refractivity contribution in [2.75, 3.05) is 7.11 Å². The molecule has 0 amide bonds. The molecule has 0 radical (unpaired) electrons. The second kappa shape index (κ2) is 4.96. The summed E-state index contributed by atoms with van der Waals surface area (Å²) in [5, 5.41) is 12.1. The fourth-order valence-electron chi connectivity index (χ4n) is 1.50. The Balaban J connectivity index is 2.69. The van der Waals surface area contributed by atoms with Crippen LogP contribution in [0.1, 0.15) is 10.6 Å². The molecule has 0 unspecified atom stereocenters. The maximum Gasteiger partial charge on any atom is 0.374 e. The van der Waals surface area contributed by atoms with E-state index in [0.29, 0.717) is 0 Å². The Kier molecular flexibility index (Phi) is 3.52. The van der Waals surface area contributed by atoms with Crippen LogP contribution in [0.2, 0.25) is 0 Å². The summed E-state index contributed by atoms with van der Waals surface area (Å²) >= 11 is 2.85. The Morgan fingerprint density at radius 1 is 1.47 bits per heavy atom. The van der Waals surface area contributed by atoms with Gasteiger partial charge in [-0.2, -0.15) is 0 Å². The Bertz CT molecular complexity index is 656. The zero-order valence-corrected chi connectivity index (χ0v) is 11.0. The van der Waals surface area contributed by atoms with Crippen molar-refractivity contribution in [2.45, 2.75) is 0 Å². The third kappa shape index (κ3) is 2.30. The van der Waals surface area contributed by atoms with E-state index in [0.717, 1.165) is 19.2 Å². The van der Waals surface area contributed by atoms with Crippen LogP contribution in [-0.2, 0) is 0 Å². The number of rotatable bonds is 3. The highest BCUT2D eigenvalue weighted by Gasteiger charge is 2.24. The van der Waals surface area contributed by atoms with Crippen LogP contribution in [0, 0.1) is 11.6 Å². The van der Waals surface area contributed by atoms with Gasteiger partial charge in [0.1, 0.15) is 5.69 Å². The Morgan fingerprint density at radius 3 is 2.68 bits per heavy atom. The van der Waals surface area contributed by atoms with Crippen LogP contribution in [0.4, 0.5) is 8.78 Å². The molecule has 0 saturated carbocycles. The molecule has 8 heteroatoms. The number of ether oxygens (including phenoxy) is 1. The zero-order chi connectivity index (χ0) is 14.2. The van der Waals surface area contributed by atoms with Gasteiger partial charge in [0.25, 0.3) is 0 Å². The molecule has 5 nitrogen and oxygen atoms in total. The first-order valence-corrected chi connectivity index (χ1v) is 5.67. The molecule has 100 valence electrons. The molecule has 1 aromatic heterocycles. The van der Waals surface area contributed by atoms with Crippen LogP contribution in [0.25, 0.3) is 11.3 Å². The van der Waals surface area contributed by atoms with Crippen molar-refractivity contribution >= 4 is 21.9 Å². The van der Waals surface area contributed by atoms with Gasteiger partial charge in [-0.15, -0.1) is 0 Å². The molecule has 19 heavy (non-hydrogen) atoms. The van der Waals surface area contributed by atoms with Gasteiger partial charge >= 0.3 is 5.97 Å². The highest BCUT2D eigenvalue weighted by atomic mass is 79.9. The standard InChI is InChI=1S/C11H6BrF2NO4/c1-18-10-5(13)2-4(12)9(14)8(10)6-3-7(11(16)17)19-15-6/h2-3H,1H3,(H,16,17). The third-order valence-electron chi connectivity index (χ3n) is 2.31. The summed E-state index contributed by atoms with van der Waals surface area (Å²) in [6, 6.07) is 1.88. The van der Waals surface area contributed by atoms with Gasteiger partial charge in [0.05, 0.1) is 17.1 Å². The van der Waals surface area contributed by atoms with Crippen molar-refractivity contribution in [2.24, 2.45) is 0 Å². The fourth-order valence-corrected chi connectivity index (χ4v) is 1.90. The minimum absolute atomic E-state index is 0.138. The van der Waals surface area contributed by atoms with Crippen LogP contribution in [0.15, 0.2) is 21.1 Å². The van der Waals surface area contributed by atoms with E-state index in [4.69, 9.17) is 9.84 Å². The predicted molar refractivity (Wildman–Crippen MR) is 63.1 cm³/mol. The quantitative estimate of drug-likeness (QED) is 0.874. The van der Waals surface area contributed by atoms with Crippen LogP contribution in [0.3, 0.4) is 0 Å². The molecule has 0 aliphatic heterocycles. The van der Waals surface area contributed by atoms with E-state index in [-0.39, 0.29) is 21.5 Å². The summed E-state index contributed by atoms with van der Waals surface area (Å²) in [7, 11) is 1.16. The van der Waals surface area contributed by atoms with Crippen LogP contribution in [0.5, 0.6) is 5.75 Å². The van der Waals surface area contributed by atoms with Crippen molar-refractivity contribution in [1.82, 2.24) is 5.16 Å². The van der Waals surface area contributed by atoms with E-state index in [1.165, 1.54) is 0 Å². The summed E-state index contributed by atoms with van der Waals surface area (Å²) in [5.41, 5.74) is -0.488. The smallest absolute Gasteiger partial charge is 0.374 e. The number of carboxylic acid groups (broad SMARTS) is 1. The lowest BCUT2D eigenvalue weighted by Gasteiger charge is -2.09. The summed E-state index contributed by atoms with van der Waals surface area (Å²) < 4.78 is 36.8. The van der Waals surface area contributed by atoms with E-state index >= 15 is 0 Å². The summed E-state index contributed by atoms with van der Waals surface area (Å²) in [6.45, 7) is 0. The van der Waals surface area contributed by atoms with E-state index in [1.807, 2.05) is 0 Å². The molecule has 0 saturated heterocycles. The van der Waals surface area contributed by atoms with Gasteiger partial charge in [-0.05, 0) is 22.0 Å². The van der Waals surface area contributed by atoms with Gasteiger partial charge in [-0.3, -0.25) is 0 Å². The Morgan fingerprint density at radius 2 is 2.16 bits per heavy atom. The molecule has 1 N–H and O–H groups in total. The number of benzene rings is 1. The second-order valence-electron chi connectivity index (χ2n) is 3.44. The Hall–Kier alpha value is -1.96. The SMILES string of the molecule is COc1c(F)cc(Br)c(F)c1-c1cc(C(=O)O)on1. The molecule has 0 fully saturated rings. The lowest BCUT2D eigenvalue weighted by molar-refractivity contribution is 0.0652. The minimum Gasteiger partial charge on any atom is -0.493 e. The highest BCUT2D eigenvalue weighted by molar-refractivity contribution is 9.10. The summed E-state index contributed by atoms with van der Waals surface area (Å²) in [6.07, 6.45) is 0. The van der Waals surface area contributed by atoms with Crippen molar-refractivity contribution in [3.05, 3.63) is 34.0 Å². The Labute approximate surface area is 113 Å². The molecular weight excluding hydrogens is 328 g/mol. The van der Waals surface area contributed by atoms with Crippen molar-refractivity contribution in [1.29, 1.82) is 0 Å².